The van der Waals surface area contributed by atoms with Gasteiger partial charge in [0.25, 0.3) is 0 Å². The first-order valence-corrected chi connectivity index (χ1v) is 4.92. The highest BCUT2D eigenvalue weighted by atomic mass is 79.9. The summed E-state index contributed by atoms with van der Waals surface area (Å²) in [6, 6.07) is 7.90. The third-order valence-electron chi connectivity index (χ3n) is 1.71. The van der Waals surface area contributed by atoms with Crippen molar-refractivity contribution in [3.8, 4) is 0 Å². The summed E-state index contributed by atoms with van der Waals surface area (Å²) >= 11 is 3.45. The normalized spacial score (nSPS) is 9.79. The van der Waals surface area contributed by atoms with Crippen molar-refractivity contribution in [2.45, 2.75) is 0 Å². The smallest absolute Gasteiger partial charge is 0.115 e. The van der Waals surface area contributed by atoms with E-state index in [4.69, 9.17) is 0 Å². The highest BCUT2D eigenvalue weighted by Gasteiger charge is 1.97. The Morgan fingerprint density at radius 3 is 2.50 bits per heavy atom. The lowest BCUT2D eigenvalue weighted by Crippen LogP contribution is -1.92. The molecule has 0 aliphatic rings. The van der Waals surface area contributed by atoms with Crippen LogP contribution in [-0.4, -0.2) is 9.97 Å². The third kappa shape index (κ3) is 2.09. The Morgan fingerprint density at radius 1 is 1.07 bits per heavy atom. The van der Waals surface area contributed by atoms with Gasteiger partial charge >= 0.3 is 0 Å². The Hall–Kier alpha value is -1.42. The van der Waals surface area contributed by atoms with Crippen LogP contribution < -0.4 is 5.32 Å². The predicted molar refractivity (Wildman–Crippen MR) is 59.5 cm³/mol. The van der Waals surface area contributed by atoms with Crippen LogP contribution in [0.2, 0.25) is 0 Å². The van der Waals surface area contributed by atoms with Crippen molar-refractivity contribution >= 4 is 27.3 Å². The van der Waals surface area contributed by atoms with Crippen LogP contribution in [-0.2, 0) is 0 Å². The minimum absolute atomic E-state index is 0.874. The van der Waals surface area contributed by atoms with Gasteiger partial charge in [0.1, 0.15) is 6.33 Å². The Kier molecular flexibility index (Phi) is 2.74. The van der Waals surface area contributed by atoms with Gasteiger partial charge in [0, 0.05) is 4.47 Å². The molecule has 70 valence electrons. The Morgan fingerprint density at radius 2 is 1.79 bits per heavy atom. The van der Waals surface area contributed by atoms with E-state index >= 15 is 0 Å². The van der Waals surface area contributed by atoms with Crippen molar-refractivity contribution in [3.05, 3.63) is 47.5 Å². The molecule has 0 saturated carbocycles. The quantitative estimate of drug-likeness (QED) is 0.890. The van der Waals surface area contributed by atoms with Gasteiger partial charge in [0.05, 0.1) is 23.8 Å². The van der Waals surface area contributed by atoms with Crippen LogP contribution in [0, 0.1) is 0 Å². The summed E-state index contributed by atoms with van der Waals surface area (Å²) in [5.74, 6) is 0. The van der Waals surface area contributed by atoms with E-state index in [0.717, 1.165) is 15.8 Å². The summed E-state index contributed by atoms with van der Waals surface area (Å²) in [7, 11) is 0. The van der Waals surface area contributed by atoms with Crippen molar-refractivity contribution in [3.63, 3.8) is 0 Å². The lowest BCUT2D eigenvalue weighted by atomic mass is 10.3. The molecule has 1 N–H and O–H groups in total. The second kappa shape index (κ2) is 4.19. The molecular weight excluding hydrogens is 242 g/mol. The maximum atomic E-state index is 3.92. The van der Waals surface area contributed by atoms with Gasteiger partial charge in [0.15, 0.2) is 0 Å². The molecule has 3 nitrogen and oxygen atoms in total. The average Bonchev–Trinajstić information content (AvgIpc) is 2.23. The molecule has 0 atom stereocenters. The molecule has 1 heterocycles. The van der Waals surface area contributed by atoms with Gasteiger partial charge < -0.3 is 5.32 Å². The van der Waals surface area contributed by atoms with Crippen molar-refractivity contribution in [2.75, 3.05) is 5.32 Å². The van der Waals surface area contributed by atoms with E-state index in [1.807, 2.05) is 24.3 Å². The predicted octanol–water partition coefficient (Wildman–Crippen LogP) is 2.98. The zero-order valence-electron chi connectivity index (χ0n) is 7.31. The number of rotatable bonds is 2. The van der Waals surface area contributed by atoms with E-state index in [0.29, 0.717) is 0 Å². The molecule has 0 saturated heterocycles. The van der Waals surface area contributed by atoms with E-state index in [1.165, 1.54) is 6.33 Å². The van der Waals surface area contributed by atoms with E-state index < -0.39 is 0 Å². The molecule has 0 unspecified atom stereocenters. The molecule has 14 heavy (non-hydrogen) atoms. The summed E-state index contributed by atoms with van der Waals surface area (Å²) < 4.78 is 1.02. The fourth-order valence-electron chi connectivity index (χ4n) is 1.08. The number of nitrogens with zero attached hydrogens (tertiary/aromatic N) is 2. The molecule has 0 spiro atoms. The number of nitrogens with one attached hydrogen (secondary N) is 1. The SMILES string of the molecule is Brc1ccccc1Nc1cncnc1. The topological polar surface area (TPSA) is 37.8 Å². The molecule has 0 bridgehead atoms. The molecule has 0 amide bonds. The van der Waals surface area contributed by atoms with Crippen molar-refractivity contribution in [1.29, 1.82) is 0 Å². The van der Waals surface area contributed by atoms with Crippen LogP contribution in [0.15, 0.2) is 47.5 Å². The van der Waals surface area contributed by atoms with Crippen molar-refractivity contribution in [1.82, 2.24) is 9.97 Å². The van der Waals surface area contributed by atoms with Crippen LogP contribution in [0.25, 0.3) is 0 Å². The monoisotopic (exact) mass is 249 g/mol. The average molecular weight is 250 g/mol. The number of hydrogen-bond acceptors (Lipinski definition) is 3. The molecule has 0 aliphatic carbocycles. The van der Waals surface area contributed by atoms with Gasteiger partial charge in [0.2, 0.25) is 0 Å². The summed E-state index contributed by atoms with van der Waals surface area (Å²) in [5, 5.41) is 3.20. The zero-order valence-corrected chi connectivity index (χ0v) is 8.90. The number of benzene rings is 1. The van der Waals surface area contributed by atoms with Crippen LogP contribution in [0.3, 0.4) is 0 Å². The fraction of sp³-hybridized carbons (Fsp3) is 0. The molecule has 1 aromatic carbocycles. The molecule has 2 rings (SSSR count). The van der Waals surface area contributed by atoms with E-state index in [2.05, 4.69) is 31.2 Å². The number of para-hydroxylation sites is 1. The van der Waals surface area contributed by atoms with Crippen LogP contribution >= 0.6 is 15.9 Å². The minimum atomic E-state index is 0.874. The van der Waals surface area contributed by atoms with Crippen molar-refractivity contribution < 1.29 is 0 Å². The molecule has 4 heteroatoms. The Labute approximate surface area is 90.3 Å². The fourth-order valence-corrected chi connectivity index (χ4v) is 1.47. The molecule has 1 aromatic heterocycles. The van der Waals surface area contributed by atoms with Gasteiger partial charge in [-0.05, 0) is 28.1 Å². The van der Waals surface area contributed by atoms with Crippen molar-refractivity contribution in [2.24, 2.45) is 0 Å². The number of hydrogen-bond donors (Lipinski definition) is 1. The molecule has 2 aromatic rings. The molecule has 0 aliphatic heterocycles. The van der Waals surface area contributed by atoms with Gasteiger partial charge in [-0.2, -0.15) is 0 Å². The first kappa shape index (κ1) is 9.15. The van der Waals surface area contributed by atoms with Crippen LogP contribution in [0.5, 0.6) is 0 Å². The highest BCUT2D eigenvalue weighted by Crippen LogP contribution is 2.24. The number of aromatic nitrogens is 2. The lowest BCUT2D eigenvalue weighted by molar-refractivity contribution is 1.17. The van der Waals surface area contributed by atoms with Gasteiger partial charge in [-0.3, -0.25) is 0 Å². The first-order chi connectivity index (χ1) is 6.86. The number of halogens is 1. The standard InChI is InChI=1S/C10H8BrN3/c11-9-3-1-2-4-10(9)14-8-5-12-7-13-6-8/h1-7,14H. The molecule has 0 radical (unpaired) electrons. The second-order valence-electron chi connectivity index (χ2n) is 2.73. The van der Waals surface area contributed by atoms with Crippen LogP contribution in [0.1, 0.15) is 0 Å². The Balaban J connectivity index is 2.24. The Bertz CT molecular complexity index is 417. The first-order valence-electron chi connectivity index (χ1n) is 4.13. The second-order valence-corrected chi connectivity index (χ2v) is 3.59. The third-order valence-corrected chi connectivity index (χ3v) is 2.40. The lowest BCUT2D eigenvalue weighted by Gasteiger charge is -2.06. The summed E-state index contributed by atoms with van der Waals surface area (Å²) in [5.41, 5.74) is 1.88. The minimum Gasteiger partial charge on any atom is -0.352 e. The summed E-state index contributed by atoms with van der Waals surface area (Å²) in [6.45, 7) is 0. The van der Waals surface area contributed by atoms with Gasteiger partial charge in [-0.1, -0.05) is 12.1 Å². The van der Waals surface area contributed by atoms with E-state index in [1.54, 1.807) is 12.4 Å². The number of anilines is 2. The maximum absolute atomic E-state index is 3.92. The molecule has 0 fully saturated rings. The van der Waals surface area contributed by atoms with E-state index in [9.17, 15) is 0 Å². The van der Waals surface area contributed by atoms with E-state index in [-0.39, 0.29) is 0 Å². The zero-order chi connectivity index (χ0) is 9.80. The molecular formula is C10H8BrN3. The summed E-state index contributed by atoms with van der Waals surface area (Å²) in [6.07, 6.45) is 4.96. The van der Waals surface area contributed by atoms with Gasteiger partial charge in [-0.25, -0.2) is 9.97 Å². The van der Waals surface area contributed by atoms with Crippen LogP contribution in [0.4, 0.5) is 11.4 Å². The largest absolute Gasteiger partial charge is 0.352 e. The highest BCUT2D eigenvalue weighted by molar-refractivity contribution is 9.10. The maximum Gasteiger partial charge on any atom is 0.115 e. The summed E-state index contributed by atoms with van der Waals surface area (Å²) in [4.78, 5) is 7.84. The van der Waals surface area contributed by atoms with Gasteiger partial charge in [-0.15, -0.1) is 0 Å².